The van der Waals surface area contributed by atoms with Gasteiger partial charge in [0.25, 0.3) is 0 Å². The first-order valence-corrected chi connectivity index (χ1v) is 13.0. The van der Waals surface area contributed by atoms with Crippen LogP contribution in [0.2, 0.25) is 0 Å². The fraction of sp³-hybridized carbons (Fsp3) is 0.538. The zero-order valence-corrected chi connectivity index (χ0v) is 20.8. The third kappa shape index (κ3) is 7.29. The minimum atomic E-state index is -4.26. The molecule has 0 aliphatic rings. The highest BCUT2D eigenvalue weighted by molar-refractivity contribution is 7.47. The van der Waals surface area contributed by atoms with E-state index < -0.39 is 13.4 Å². The lowest BCUT2D eigenvalue weighted by molar-refractivity contribution is 0.0606. The average molecular weight is 447 g/mol. The van der Waals surface area contributed by atoms with Crippen LogP contribution in [0.4, 0.5) is 0 Å². The van der Waals surface area contributed by atoms with Gasteiger partial charge in [0.15, 0.2) is 0 Å². The van der Waals surface area contributed by atoms with Gasteiger partial charge in [-0.05, 0) is 47.4 Å². The summed E-state index contributed by atoms with van der Waals surface area (Å²) in [5.41, 5.74) is 2.94. The van der Waals surface area contributed by atoms with Crippen molar-refractivity contribution in [1.82, 2.24) is 0 Å². The van der Waals surface area contributed by atoms with Gasteiger partial charge in [-0.15, -0.1) is 0 Å². The Kier molecular flexibility index (Phi) is 9.51. The summed E-state index contributed by atoms with van der Waals surface area (Å²) in [6.45, 7) is 12.7. The van der Waals surface area contributed by atoms with Gasteiger partial charge in [-0.25, -0.2) is 4.57 Å². The van der Waals surface area contributed by atoms with Gasteiger partial charge in [-0.2, -0.15) is 0 Å². The number of benzene rings is 2. The highest BCUT2D eigenvalue weighted by atomic mass is 31.2. The van der Waals surface area contributed by atoms with E-state index in [0.717, 1.165) is 36.8 Å². The van der Waals surface area contributed by atoms with Crippen LogP contribution in [0.5, 0.6) is 0 Å². The third-order valence-electron chi connectivity index (χ3n) is 5.81. The summed E-state index contributed by atoms with van der Waals surface area (Å²) in [5.74, 6) is 0.809. The van der Waals surface area contributed by atoms with Gasteiger partial charge < -0.3 is 4.89 Å². The molecule has 0 amide bonds. The van der Waals surface area contributed by atoms with Crippen molar-refractivity contribution in [3.8, 4) is 0 Å². The zero-order chi connectivity index (χ0) is 23.1. The molecule has 0 saturated carbocycles. The SMILES string of the molecule is CCCCCCOP(=O)(O)OC(C)(c1ccc(C(C)C)cc1)c1ccc(C(C)C)cc1. The Bertz CT molecular complexity index is 789. The van der Waals surface area contributed by atoms with Crippen molar-refractivity contribution in [3.63, 3.8) is 0 Å². The van der Waals surface area contributed by atoms with Crippen molar-refractivity contribution in [2.75, 3.05) is 6.61 Å². The molecule has 4 nitrogen and oxygen atoms in total. The number of hydrogen-bond donors (Lipinski definition) is 1. The Labute approximate surface area is 188 Å². The first-order valence-electron chi connectivity index (χ1n) is 11.5. The van der Waals surface area contributed by atoms with Gasteiger partial charge in [0.1, 0.15) is 5.60 Å². The molecule has 1 atom stereocenters. The third-order valence-corrected chi connectivity index (χ3v) is 6.91. The molecule has 0 saturated heterocycles. The number of hydrogen-bond acceptors (Lipinski definition) is 3. The molecule has 0 fully saturated rings. The molecule has 0 aromatic heterocycles. The van der Waals surface area contributed by atoms with Crippen LogP contribution in [0.25, 0.3) is 0 Å². The molecule has 0 aliphatic heterocycles. The smallest absolute Gasteiger partial charge is 0.302 e. The summed E-state index contributed by atoms with van der Waals surface area (Å²) in [4.78, 5) is 10.5. The molecular formula is C26H39O4P. The molecule has 1 N–H and O–H groups in total. The van der Waals surface area contributed by atoms with E-state index in [1.54, 1.807) is 0 Å². The van der Waals surface area contributed by atoms with Crippen LogP contribution in [0.3, 0.4) is 0 Å². The minimum absolute atomic E-state index is 0.211. The van der Waals surface area contributed by atoms with E-state index in [4.69, 9.17) is 9.05 Å². The molecule has 172 valence electrons. The maximum Gasteiger partial charge on any atom is 0.473 e. The van der Waals surface area contributed by atoms with Gasteiger partial charge >= 0.3 is 7.82 Å². The topological polar surface area (TPSA) is 55.8 Å². The molecule has 2 rings (SSSR count). The molecule has 0 heterocycles. The molecule has 31 heavy (non-hydrogen) atoms. The maximum absolute atomic E-state index is 12.9. The first kappa shape index (κ1) is 25.8. The van der Waals surface area contributed by atoms with Crippen molar-refractivity contribution in [2.45, 2.75) is 84.7 Å². The summed E-state index contributed by atoms with van der Waals surface area (Å²) >= 11 is 0. The predicted molar refractivity (Wildman–Crippen MR) is 129 cm³/mol. The summed E-state index contributed by atoms with van der Waals surface area (Å²) in [6.07, 6.45) is 3.90. The molecule has 2 aromatic rings. The fourth-order valence-corrected chi connectivity index (χ4v) is 4.69. The summed E-state index contributed by atoms with van der Waals surface area (Å²) in [5, 5.41) is 0. The van der Waals surface area contributed by atoms with Crippen molar-refractivity contribution >= 4 is 7.82 Å². The zero-order valence-electron chi connectivity index (χ0n) is 19.9. The van der Waals surface area contributed by atoms with E-state index in [0.29, 0.717) is 11.8 Å². The second-order valence-corrected chi connectivity index (χ2v) is 10.4. The monoisotopic (exact) mass is 446 g/mol. The van der Waals surface area contributed by atoms with Gasteiger partial charge in [0, 0.05) is 0 Å². The van der Waals surface area contributed by atoms with Crippen molar-refractivity contribution in [3.05, 3.63) is 70.8 Å². The lowest BCUT2D eigenvalue weighted by Gasteiger charge is -2.32. The van der Waals surface area contributed by atoms with E-state index >= 15 is 0 Å². The van der Waals surface area contributed by atoms with Gasteiger partial charge in [-0.1, -0.05) is 102 Å². The maximum atomic E-state index is 12.9. The van der Waals surface area contributed by atoms with Crippen LogP contribution >= 0.6 is 7.82 Å². The van der Waals surface area contributed by atoms with E-state index in [-0.39, 0.29) is 6.61 Å². The number of unbranched alkanes of at least 4 members (excludes halogenated alkanes) is 3. The first-order chi connectivity index (χ1) is 14.6. The molecular weight excluding hydrogens is 407 g/mol. The van der Waals surface area contributed by atoms with Crippen molar-refractivity contribution in [1.29, 1.82) is 0 Å². The summed E-state index contributed by atoms with van der Waals surface area (Å²) in [6, 6.07) is 16.1. The summed E-state index contributed by atoms with van der Waals surface area (Å²) in [7, 11) is -4.26. The van der Waals surface area contributed by atoms with E-state index in [2.05, 4.69) is 58.9 Å². The second kappa shape index (κ2) is 11.4. The molecule has 0 aliphatic carbocycles. The standard InChI is InChI=1S/C26H39O4P/c1-7-8-9-10-19-29-31(27,28)30-26(6,24-15-11-22(12-16-24)20(2)3)25-17-13-23(14-18-25)21(4)5/h11-18,20-21H,7-10,19H2,1-6H3,(H,27,28). The highest BCUT2D eigenvalue weighted by Gasteiger charge is 2.39. The van der Waals surface area contributed by atoms with E-state index in [1.165, 1.54) is 11.1 Å². The number of phosphoric ester groups is 1. The molecule has 1 unspecified atom stereocenters. The van der Waals surface area contributed by atoms with Crippen LogP contribution in [-0.4, -0.2) is 11.5 Å². The normalized spacial score (nSPS) is 14.2. The van der Waals surface area contributed by atoms with Crippen molar-refractivity contribution < 1.29 is 18.5 Å². The molecule has 0 spiro atoms. The van der Waals surface area contributed by atoms with Gasteiger partial charge in [0.05, 0.1) is 6.61 Å². The Balaban J connectivity index is 2.34. The Hall–Kier alpha value is -1.45. The lowest BCUT2D eigenvalue weighted by atomic mass is 9.86. The van der Waals surface area contributed by atoms with Crippen molar-refractivity contribution in [2.24, 2.45) is 0 Å². The van der Waals surface area contributed by atoms with E-state index in [9.17, 15) is 9.46 Å². The Morgan fingerprint density at radius 2 is 1.29 bits per heavy atom. The number of rotatable bonds is 12. The minimum Gasteiger partial charge on any atom is -0.302 e. The number of phosphoric acid groups is 1. The highest BCUT2D eigenvalue weighted by Crippen LogP contribution is 2.52. The predicted octanol–water partition coefficient (Wildman–Crippen LogP) is 7.91. The van der Waals surface area contributed by atoms with E-state index in [1.807, 2.05) is 31.2 Å². The van der Waals surface area contributed by atoms with Gasteiger partial charge in [0.2, 0.25) is 0 Å². The molecule has 2 aromatic carbocycles. The van der Waals surface area contributed by atoms with Crippen LogP contribution in [0, 0.1) is 0 Å². The lowest BCUT2D eigenvalue weighted by Crippen LogP contribution is -2.27. The quantitative estimate of drug-likeness (QED) is 0.266. The Morgan fingerprint density at radius 3 is 1.68 bits per heavy atom. The van der Waals surface area contributed by atoms with Crippen LogP contribution in [-0.2, 0) is 19.2 Å². The van der Waals surface area contributed by atoms with Crippen LogP contribution < -0.4 is 0 Å². The molecule has 0 bridgehead atoms. The molecule has 0 radical (unpaired) electrons. The summed E-state index contributed by atoms with van der Waals surface area (Å²) < 4.78 is 24.1. The van der Waals surface area contributed by atoms with Gasteiger partial charge in [-0.3, -0.25) is 9.05 Å². The average Bonchev–Trinajstić information content (AvgIpc) is 2.73. The Morgan fingerprint density at radius 1 is 0.839 bits per heavy atom. The second-order valence-electron chi connectivity index (χ2n) is 9.04. The molecule has 5 heteroatoms. The fourth-order valence-electron chi connectivity index (χ4n) is 3.61. The van der Waals surface area contributed by atoms with Crippen LogP contribution in [0.1, 0.15) is 101 Å². The largest absolute Gasteiger partial charge is 0.473 e. The van der Waals surface area contributed by atoms with Crippen LogP contribution in [0.15, 0.2) is 48.5 Å².